The van der Waals surface area contributed by atoms with Crippen LogP contribution in [0.15, 0.2) is 66.7 Å². The quantitative estimate of drug-likeness (QED) is 0.472. The van der Waals surface area contributed by atoms with Crippen LogP contribution in [0, 0.1) is 6.92 Å². The summed E-state index contributed by atoms with van der Waals surface area (Å²) < 4.78 is 0. The van der Waals surface area contributed by atoms with Gasteiger partial charge in [0.2, 0.25) is 5.91 Å². The Morgan fingerprint density at radius 2 is 1.80 bits per heavy atom. The molecular weight excluding hydrogens is 396 g/mol. The van der Waals surface area contributed by atoms with Gasteiger partial charge in [0.05, 0.1) is 6.61 Å². The summed E-state index contributed by atoms with van der Waals surface area (Å²) in [6.45, 7) is 2.16. The van der Waals surface area contributed by atoms with E-state index in [4.69, 9.17) is 22.4 Å². The molecule has 0 heterocycles. The van der Waals surface area contributed by atoms with Crippen molar-refractivity contribution >= 4 is 29.7 Å². The molecule has 0 fully saturated rings. The van der Waals surface area contributed by atoms with E-state index in [1.54, 1.807) is 0 Å². The predicted molar refractivity (Wildman–Crippen MR) is 124 cm³/mol. The molecule has 4 N–H and O–H groups in total. The second kappa shape index (κ2) is 10.2. The molecule has 1 amide bonds. The summed E-state index contributed by atoms with van der Waals surface area (Å²) in [7, 11) is 0. The van der Waals surface area contributed by atoms with Crippen LogP contribution in [-0.4, -0.2) is 23.7 Å². The highest BCUT2D eigenvalue weighted by Gasteiger charge is 2.13. The number of nitrogens with one attached hydrogen (secondary N) is 1. The van der Waals surface area contributed by atoms with Gasteiger partial charge < -0.3 is 10.8 Å². The van der Waals surface area contributed by atoms with Crippen LogP contribution < -0.4 is 11.1 Å². The maximum atomic E-state index is 11.2. The van der Waals surface area contributed by atoms with E-state index in [9.17, 15) is 4.79 Å². The highest BCUT2D eigenvalue weighted by atomic mass is 35.5. The molecular formula is C25H25ClN2O2. The van der Waals surface area contributed by atoms with Crippen LogP contribution in [0.5, 0.6) is 0 Å². The minimum absolute atomic E-state index is 0.342. The number of hydrogen-bond acceptors (Lipinski definition) is 3. The van der Waals surface area contributed by atoms with Crippen molar-refractivity contribution in [2.45, 2.75) is 19.5 Å². The van der Waals surface area contributed by atoms with Gasteiger partial charge in [0.1, 0.15) is 6.04 Å². The van der Waals surface area contributed by atoms with Crippen LogP contribution in [0.1, 0.15) is 22.3 Å². The van der Waals surface area contributed by atoms with E-state index in [1.165, 1.54) is 16.7 Å². The third kappa shape index (κ3) is 5.36. The maximum Gasteiger partial charge on any atom is 0.236 e. The Kier molecular flexibility index (Phi) is 7.41. The molecule has 5 heteroatoms. The minimum Gasteiger partial charge on any atom is -0.394 e. The molecule has 0 bridgehead atoms. The molecule has 3 rings (SSSR count). The van der Waals surface area contributed by atoms with Gasteiger partial charge in [0, 0.05) is 11.6 Å². The van der Waals surface area contributed by atoms with E-state index >= 15 is 0 Å². The number of aliphatic hydroxyl groups is 1. The molecule has 0 aliphatic carbocycles. The first-order valence-corrected chi connectivity index (χ1v) is 10.1. The standard InChI is InChI=1S/C25H25ClN2O2/c1-17-19(8-5-9-22(17)20-6-3-2-4-7-20)12-13-21-11-10-18(14-23(21)26)15-28-24(16-29)25(27)30/h2-14,24,28-29H,15-16H2,1H3,(H2,27,30). The van der Waals surface area contributed by atoms with Crippen LogP contribution in [0.25, 0.3) is 23.3 Å². The second-order valence-corrected chi connectivity index (χ2v) is 7.50. The van der Waals surface area contributed by atoms with Crippen LogP contribution in [0.4, 0.5) is 0 Å². The molecule has 30 heavy (non-hydrogen) atoms. The first-order chi connectivity index (χ1) is 14.5. The van der Waals surface area contributed by atoms with Gasteiger partial charge in [-0.25, -0.2) is 0 Å². The van der Waals surface area contributed by atoms with E-state index in [0.29, 0.717) is 11.6 Å². The van der Waals surface area contributed by atoms with Crippen molar-refractivity contribution in [3.8, 4) is 11.1 Å². The third-order valence-corrected chi connectivity index (χ3v) is 5.37. The second-order valence-electron chi connectivity index (χ2n) is 7.09. The molecule has 4 nitrogen and oxygen atoms in total. The lowest BCUT2D eigenvalue weighted by atomic mass is 9.96. The number of nitrogens with two attached hydrogens (primary N) is 1. The number of carbonyl (C=O) groups is 1. The Morgan fingerprint density at radius 1 is 1.07 bits per heavy atom. The first-order valence-electron chi connectivity index (χ1n) is 9.74. The van der Waals surface area contributed by atoms with Crippen molar-refractivity contribution in [2.24, 2.45) is 5.73 Å². The topological polar surface area (TPSA) is 75.3 Å². The zero-order valence-corrected chi connectivity index (χ0v) is 17.6. The van der Waals surface area contributed by atoms with Gasteiger partial charge in [0.15, 0.2) is 0 Å². The third-order valence-electron chi connectivity index (χ3n) is 5.05. The lowest BCUT2D eigenvalue weighted by Gasteiger charge is -2.13. The number of halogens is 1. The molecule has 3 aromatic carbocycles. The maximum absolute atomic E-state index is 11.2. The summed E-state index contributed by atoms with van der Waals surface area (Å²) in [4.78, 5) is 11.2. The highest BCUT2D eigenvalue weighted by molar-refractivity contribution is 6.32. The fourth-order valence-electron chi connectivity index (χ4n) is 3.26. The number of hydrogen-bond donors (Lipinski definition) is 3. The Bertz CT molecular complexity index is 1050. The van der Waals surface area contributed by atoms with E-state index in [1.807, 2.05) is 42.5 Å². The number of primary amides is 1. The number of benzene rings is 3. The van der Waals surface area contributed by atoms with Gasteiger partial charge in [-0.05, 0) is 46.4 Å². The summed E-state index contributed by atoms with van der Waals surface area (Å²) in [6, 6.07) is 21.5. The number of rotatable bonds is 8. The van der Waals surface area contributed by atoms with Gasteiger partial charge in [-0.2, -0.15) is 0 Å². The molecule has 0 aliphatic heterocycles. The fourth-order valence-corrected chi connectivity index (χ4v) is 3.52. The fraction of sp³-hybridized carbons (Fsp3) is 0.160. The number of amides is 1. The Balaban J connectivity index is 1.76. The SMILES string of the molecule is Cc1c(C=Cc2ccc(CNC(CO)C(N)=O)cc2Cl)cccc1-c1ccccc1. The summed E-state index contributed by atoms with van der Waals surface area (Å²) in [5, 5.41) is 12.7. The largest absolute Gasteiger partial charge is 0.394 e. The minimum atomic E-state index is -0.775. The van der Waals surface area contributed by atoms with Crippen molar-refractivity contribution in [3.63, 3.8) is 0 Å². The molecule has 0 saturated carbocycles. The normalized spacial score (nSPS) is 12.2. The van der Waals surface area contributed by atoms with Crippen LogP contribution in [-0.2, 0) is 11.3 Å². The highest BCUT2D eigenvalue weighted by Crippen LogP contribution is 2.27. The molecule has 0 saturated heterocycles. The molecule has 0 spiro atoms. The average molecular weight is 421 g/mol. The zero-order valence-electron chi connectivity index (χ0n) is 16.8. The van der Waals surface area contributed by atoms with E-state index in [0.717, 1.165) is 16.7 Å². The monoisotopic (exact) mass is 420 g/mol. The van der Waals surface area contributed by atoms with Gasteiger partial charge in [-0.3, -0.25) is 10.1 Å². The van der Waals surface area contributed by atoms with E-state index < -0.39 is 11.9 Å². The van der Waals surface area contributed by atoms with Crippen molar-refractivity contribution in [2.75, 3.05) is 6.61 Å². The van der Waals surface area contributed by atoms with Crippen molar-refractivity contribution in [1.82, 2.24) is 5.32 Å². The summed E-state index contributed by atoms with van der Waals surface area (Å²) in [5.41, 5.74) is 11.8. The Morgan fingerprint density at radius 3 is 2.47 bits per heavy atom. The van der Waals surface area contributed by atoms with E-state index in [2.05, 4.69) is 48.6 Å². The molecule has 0 radical (unpaired) electrons. The van der Waals surface area contributed by atoms with Crippen molar-refractivity contribution in [1.29, 1.82) is 0 Å². The number of carbonyl (C=O) groups excluding carboxylic acids is 1. The van der Waals surface area contributed by atoms with Gasteiger partial charge in [-0.15, -0.1) is 0 Å². The van der Waals surface area contributed by atoms with Crippen LogP contribution in [0.3, 0.4) is 0 Å². The molecule has 0 aliphatic rings. The molecule has 1 atom stereocenters. The summed E-state index contributed by atoms with van der Waals surface area (Å²) in [6.07, 6.45) is 4.06. The summed E-state index contributed by atoms with van der Waals surface area (Å²) in [5.74, 6) is -0.587. The Hall–Kier alpha value is -2.92. The molecule has 0 aromatic heterocycles. The molecule has 154 valence electrons. The van der Waals surface area contributed by atoms with Crippen LogP contribution >= 0.6 is 11.6 Å². The van der Waals surface area contributed by atoms with E-state index in [-0.39, 0.29) is 6.61 Å². The first kappa shape index (κ1) is 21.8. The lowest BCUT2D eigenvalue weighted by molar-refractivity contribution is -0.120. The van der Waals surface area contributed by atoms with Gasteiger partial charge in [0.25, 0.3) is 0 Å². The molecule has 1 unspecified atom stereocenters. The molecule has 3 aromatic rings. The smallest absolute Gasteiger partial charge is 0.236 e. The Labute approximate surface area is 182 Å². The average Bonchev–Trinajstić information content (AvgIpc) is 2.75. The lowest BCUT2D eigenvalue weighted by Crippen LogP contribution is -2.43. The van der Waals surface area contributed by atoms with Crippen molar-refractivity contribution < 1.29 is 9.90 Å². The van der Waals surface area contributed by atoms with Crippen LogP contribution in [0.2, 0.25) is 5.02 Å². The van der Waals surface area contributed by atoms with Gasteiger partial charge in [-0.1, -0.05) is 84.4 Å². The van der Waals surface area contributed by atoms with Crippen molar-refractivity contribution in [3.05, 3.63) is 94.0 Å². The zero-order chi connectivity index (χ0) is 21.5. The summed E-state index contributed by atoms with van der Waals surface area (Å²) >= 11 is 6.45. The van der Waals surface area contributed by atoms with Gasteiger partial charge >= 0.3 is 0 Å². The predicted octanol–water partition coefficient (Wildman–Crippen LogP) is 4.42. The number of aliphatic hydroxyl groups excluding tert-OH is 1.